The summed E-state index contributed by atoms with van der Waals surface area (Å²) in [6, 6.07) is 1.62. The molecule has 0 aromatic rings. The lowest BCUT2D eigenvalue weighted by molar-refractivity contribution is -0.130. The number of alkyl halides is 1. The van der Waals surface area contributed by atoms with E-state index in [1.807, 2.05) is 19.9 Å². The third-order valence-corrected chi connectivity index (χ3v) is 4.62. The number of carbonyl (C=O) groups is 1. The maximum absolute atomic E-state index is 13.4. The molecule has 2 rings (SSSR count). The largest absolute Gasteiger partial charge is 0.396 e. The lowest BCUT2D eigenvalue weighted by Gasteiger charge is -2.21. The van der Waals surface area contributed by atoms with E-state index < -0.39 is 12.2 Å². The van der Waals surface area contributed by atoms with Crippen LogP contribution in [0.15, 0.2) is 5.16 Å². The highest BCUT2D eigenvalue weighted by Crippen LogP contribution is 2.27. The molecule has 23 heavy (non-hydrogen) atoms. The van der Waals surface area contributed by atoms with Crippen molar-refractivity contribution in [3.8, 4) is 6.07 Å². The van der Waals surface area contributed by atoms with Crippen LogP contribution in [0.1, 0.15) is 39.5 Å². The summed E-state index contributed by atoms with van der Waals surface area (Å²) in [7, 11) is 0. The van der Waals surface area contributed by atoms with Gasteiger partial charge in [0, 0.05) is 18.4 Å². The molecule has 2 fully saturated rings. The Morgan fingerprint density at radius 1 is 1.48 bits per heavy atom. The van der Waals surface area contributed by atoms with Gasteiger partial charge in [-0.1, -0.05) is 5.16 Å². The van der Waals surface area contributed by atoms with Gasteiger partial charge in [-0.25, -0.2) is 4.39 Å². The Morgan fingerprint density at radius 2 is 2.26 bits per heavy atom. The van der Waals surface area contributed by atoms with Gasteiger partial charge in [-0.3, -0.25) is 4.79 Å². The first-order valence-corrected chi connectivity index (χ1v) is 8.28. The predicted octanol–water partition coefficient (Wildman–Crippen LogP) is 1.62. The van der Waals surface area contributed by atoms with Gasteiger partial charge in [-0.2, -0.15) is 5.26 Å². The molecule has 2 aliphatic rings. The second kappa shape index (κ2) is 8.25. The van der Waals surface area contributed by atoms with Crippen molar-refractivity contribution in [2.75, 3.05) is 19.7 Å². The number of hydrogen-bond acceptors (Lipinski definition) is 5. The average Bonchev–Trinajstić information content (AvgIpc) is 3.16. The topological polar surface area (TPSA) is 77.7 Å². The van der Waals surface area contributed by atoms with Crippen LogP contribution in [0.2, 0.25) is 0 Å². The van der Waals surface area contributed by atoms with E-state index in [1.54, 1.807) is 0 Å². The Labute approximate surface area is 136 Å². The van der Waals surface area contributed by atoms with Gasteiger partial charge in [-0.15, -0.1) is 0 Å². The van der Waals surface area contributed by atoms with Crippen molar-refractivity contribution >= 4 is 11.6 Å². The standard InChI is InChI=1S/C16H25FN4O2/c1-3-23-20-11(2)12-4-5-14(6-12)19-9-16(22)21-10-13(17)7-15(21)8-18/h12-15,19H,3-7,9-10H2,1-2H3/b20-11+/t12-,13-,14+,15-/m0/s1. The third kappa shape index (κ3) is 4.64. The zero-order valence-corrected chi connectivity index (χ0v) is 13.8. The Hall–Kier alpha value is -1.68. The van der Waals surface area contributed by atoms with Crippen molar-refractivity contribution in [1.82, 2.24) is 10.2 Å². The second-order valence-corrected chi connectivity index (χ2v) is 6.26. The second-order valence-electron chi connectivity index (χ2n) is 6.26. The molecular formula is C16H25FN4O2. The molecular weight excluding hydrogens is 299 g/mol. The number of oxime groups is 1. The highest BCUT2D eigenvalue weighted by Gasteiger charge is 2.35. The smallest absolute Gasteiger partial charge is 0.237 e. The average molecular weight is 324 g/mol. The third-order valence-electron chi connectivity index (χ3n) is 4.62. The van der Waals surface area contributed by atoms with E-state index in [2.05, 4.69) is 10.5 Å². The van der Waals surface area contributed by atoms with Gasteiger partial charge in [0.25, 0.3) is 0 Å². The molecule has 128 valence electrons. The summed E-state index contributed by atoms with van der Waals surface area (Å²) in [6.07, 6.45) is 1.96. The van der Waals surface area contributed by atoms with Crippen molar-refractivity contribution in [3.63, 3.8) is 0 Å². The molecule has 0 unspecified atom stereocenters. The van der Waals surface area contributed by atoms with E-state index in [9.17, 15) is 9.18 Å². The monoisotopic (exact) mass is 324 g/mol. The predicted molar refractivity (Wildman–Crippen MR) is 84.5 cm³/mol. The molecule has 6 nitrogen and oxygen atoms in total. The number of nitriles is 1. The first-order valence-electron chi connectivity index (χ1n) is 8.28. The molecule has 4 atom stereocenters. The molecule has 0 radical (unpaired) electrons. The molecule has 1 aliphatic heterocycles. The van der Waals surface area contributed by atoms with Crippen molar-refractivity contribution in [1.29, 1.82) is 5.26 Å². The molecule has 0 spiro atoms. The quantitative estimate of drug-likeness (QED) is 0.595. The number of halogens is 1. The van der Waals surface area contributed by atoms with Crippen LogP contribution in [0.5, 0.6) is 0 Å². The number of amides is 1. The SMILES string of the molecule is CCO/N=C(\C)[C@H]1CC[C@@H](NCC(=O)N2C[C@@H](F)C[C@H]2C#N)C1. The van der Waals surface area contributed by atoms with E-state index in [-0.39, 0.29) is 31.5 Å². The summed E-state index contributed by atoms with van der Waals surface area (Å²) in [5, 5.41) is 16.3. The first-order chi connectivity index (χ1) is 11.0. The minimum absolute atomic E-state index is 0.0339. The van der Waals surface area contributed by atoms with Gasteiger partial charge < -0.3 is 15.1 Å². The van der Waals surface area contributed by atoms with Crippen LogP contribution < -0.4 is 5.32 Å². The van der Waals surface area contributed by atoms with E-state index >= 15 is 0 Å². The van der Waals surface area contributed by atoms with Crippen molar-refractivity contribution < 1.29 is 14.0 Å². The maximum Gasteiger partial charge on any atom is 0.237 e. The number of hydrogen-bond donors (Lipinski definition) is 1. The van der Waals surface area contributed by atoms with E-state index in [1.165, 1.54) is 4.90 Å². The zero-order valence-electron chi connectivity index (χ0n) is 13.8. The van der Waals surface area contributed by atoms with Crippen LogP contribution in [0.4, 0.5) is 4.39 Å². The van der Waals surface area contributed by atoms with Crippen LogP contribution in [0.3, 0.4) is 0 Å². The normalized spacial score (nSPS) is 31.2. The molecule has 0 bridgehead atoms. The lowest BCUT2D eigenvalue weighted by Crippen LogP contribution is -2.43. The summed E-state index contributed by atoms with van der Waals surface area (Å²) in [4.78, 5) is 18.6. The summed E-state index contributed by atoms with van der Waals surface area (Å²) in [6.45, 7) is 4.62. The number of nitrogens with zero attached hydrogens (tertiary/aromatic N) is 3. The van der Waals surface area contributed by atoms with E-state index in [4.69, 9.17) is 10.1 Å². The van der Waals surface area contributed by atoms with Gasteiger partial charge >= 0.3 is 0 Å². The fourth-order valence-electron chi connectivity index (χ4n) is 3.30. The van der Waals surface area contributed by atoms with Gasteiger partial charge in [0.1, 0.15) is 18.8 Å². The Bertz CT molecular complexity index is 491. The summed E-state index contributed by atoms with van der Waals surface area (Å²) < 4.78 is 13.4. The molecule has 1 saturated carbocycles. The molecule has 7 heteroatoms. The van der Waals surface area contributed by atoms with Gasteiger partial charge in [0.15, 0.2) is 0 Å². The van der Waals surface area contributed by atoms with Crippen LogP contribution in [-0.4, -0.2) is 54.5 Å². The molecule has 1 aliphatic carbocycles. The zero-order chi connectivity index (χ0) is 16.8. The fraction of sp³-hybridized carbons (Fsp3) is 0.812. The van der Waals surface area contributed by atoms with Gasteiger partial charge in [0.2, 0.25) is 5.91 Å². The Balaban J connectivity index is 1.77. The van der Waals surface area contributed by atoms with Crippen molar-refractivity contribution in [2.24, 2.45) is 11.1 Å². The fourth-order valence-corrected chi connectivity index (χ4v) is 3.30. The summed E-state index contributed by atoms with van der Waals surface area (Å²) >= 11 is 0. The minimum Gasteiger partial charge on any atom is -0.396 e. The number of rotatable bonds is 6. The van der Waals surface area contributed by atoms with Gasteiger partial charge in [-0.05, 0) is 33.1 Å². The highest BCUT2D eigenvalue weighted by molar-refractivity contribution is 5.84. The van der Waals surface area contributed by atoms with Crippen molar-refractivity contribution in [2.45, 2.75) is 57.8 Å². The molecule has 1 N–H and O–H groups in total. The van der Waals surface area contributed by atoms with Crippen LogP contribution in [-0.2, 0) is 9.63 Å². The Kier molecular flexibility index (Phi) is 6.34. The van der Waals surface area contributed by atoms with Crippen LogP contribution >= 0.6 is 0 Å². The van der Waals surface area contributed by atoms with E-state index in [0.29, 0.717) is 12.5 Å². The minimum atomic E-state index is -1.09. The number of likely N-dealkylation sites (tertiary alicyclic amines) is 1. The van der Waals surface area contributed by atoms with Crippen LogP contribution in [0, 0.1) is 17.2 Å². The first kappa shape index (κ1) is 17.7. The maximum atomic E-state index is 13.4. The lowest BCUT2D eigenvalue weighted by atomic mass is 10.0. The molecule has 0 aromatic heterocycles. The Morgan fingerprint density at radius 3 is 2.96 bits per heavy atom. The van der Waals surface area contributed by atoms with Crippen molar-refractivity contribution in [3.05, 3.63) is 0 Å². The molecule has 1 saturated heterocycles. The van der Waals surface area contributed by atoms with E-state index in [0.717, 1.165) is 25.0 Å². The molecule has 1 amide bonds. The number of carbonyl (C=O) groups excluding carboxylic acids is 1. The number of nitrogens with one attached hydrogen (secondary N) is 1. The van der Waals surface area contributed by atoms with Gasteiger partial charge in [0.05, 0.1) is 24.9 Å². The molecule has 1 heterocycles. The molecule has 0 aromatic carbocycles. The summed E-state index contributed by atoms with van der Waals surface area (Å²) in [5.41, 5.74) is 0.992. The summed E-state index contributed by atoms with van der Waals surface area (Å²) in [5.74, 6) is 0.183. The highest BCUT2D eigenvalue weighted by atomic mass is 19.1. The van der Waals surface area contributed by atoms with Crippen LogP contribution in [0.25, 0.3) is 0 Å².